The number of rotatable bonds is 5. The first kappa shape index (κ1) is 20.4. The van der Waals surface area contributed by atoms with Gasteiger partial charge >= 0.3 is 6.09 Å². The van der Waals surface area contributed by atoms with Crippen molar-refractivity contribution in [1.29, 1.82) is 0 Å². The fourth-order valence-corrected chi connectivity index (χ4v) is 3.11. The van der Waals surface area contributed by atoms with Gasteiger partial charge < -0.3 is 4.74 Å². The number of carbonyl (C=O) groups excluding carboxylic acids is 1. The van der Waals surface area contributed by atoms with Crippen molar-refractivity contribution < 1.29 is 17.9 Å². The minimum Gasteiger partial charge on any atom is -0.449 e. The zero-order valence-corrected chi connectivity index (χ0v) is 16.1. The molecule has 0 aromatic heterocycles. The zero-order valence-electron chi connectivity index (χ0n) is 13.3. The van der Waals surface area contributed by atoms with Gasteiger partial charge in [0.15, 0.2) is 0 Å². The maximum Gasteiger partial charge on any atom is 0.423 e. The van der Waals surface area contributed by atoms with E-state index in [0.29, 0.717) is 0 Å². The molecule has 1 amide bonds. The van der Waals surface area contributed by atoms with Crippen molar-refractivity contribution in [2.75, 3.05) is 13.2 Å². The van der Waals surface area contributed by atoms with Gasteiger partial charge in [0.05, 0.1) is 11.5 Å². The van der Waals surface area contributed by atoms with Crippen LogP contribution in [-0.2, 0) is 14.8 Å². The Labute approximate surface area is 149 Å². The van der Waals surface area contributed by atoms with Crippen LogP contribution in [0.25, 0.3) is 0 Å². The topological polar surface area (TPSA) is 63.7 Å². The Morgan fingerprint density at radius 2 is 1.76 bits per heavy atom. The molecule has 0 heterocycles. The number of amides is 1. The normalized spacial score (nSPS) is 10.9. The molecule has 1 aromatic carbocycles. The summed E-state index contributed by atoms with van der Waals surface area (Å²) in [5.74, 6) is 0.0135. The van der Waals surface area contributed by atoms with Gasteiger partial charge in [-0.25, -0.2) is 17.5 Å². The van der Waals surface area contributed by atoms with E-state index in [9.17, 15) is 13.2 Å². The maximum absolute atomic E-state index is 12.5. The Hall–Kier alpha value is -0.560. The summed E-state index contributed by atoms with van der Waals surface area (Å²) < 4.78 is 30.7. The Morgan fingerprint density at radius 3 is 2.19 bits per heavy atom. The van der Waals surface area contributed by atoms with Crippen molar-refractivity contribution in [2.45, 2.75) is 32.6 Å². The van der Waals surface area contributed by atoms with Crippen LogP contribution in [0.5, 0.6) is 0 Å². The summed E-state index contributed by atoms with van der Waals surface area (Å²) in [7, 11) is -3.88. The second kappa shape index (κ2) is 8.78. The minimum atomic E-state index is -3.88. The molecule has 0 fully saturated rings. The Balaban J connectivity index is 0.00000400. The number of hydrogen-bond donors (Lipinski definition) is 0. The molecule has 113 valence electrons. The van der Waals surface area contributed by atoms with Crippen LogP contribution in [0.15, 0.2) is 29.2 Å². The Morgan fingerprint density at radius 1 is 1.24 bits per heavy atom. The molecule has 0 unspecified atom stereocenters. The Kier molecular flexibility index (Phi) is 8.54. The van der Waals surface area contributed by atoms with Crippen LogP contribution >= 0.6 is 0 Å². The van der Waals surface area contributed by atoms with E-state index in [0.717, 1.165) is 9.87 Å². The summed E-state index contributed by atoms with van der Waals surface area (Å²) >= 11 is 0. The van der Waals surface area contributed by atoms with Gasteiger partial charge in [0.25, 0.3) is 10.0 Å². The van der Waals surface area contributed by atoms with Crippen LogP contribution in [0.2, 0.25) is 0 Å². The van der Waals surface area contributed by atoms with Crippen LogP contribution in [0.3, 0.4) is 0 Å². The average molecular weight is 322 g/mol. The number of ether oxygens (including phenoxy) is 1. The van der Waals surface area contributed by atoms with Crippen LogP contribution in [-0.4, -0.2) is 61.5 Å². The first-order chi connectivity index (χ1) is 9.28. The number of carbonyl (C=O) groups is 1. The number of aryl methyl sites for hydroxylation is 1. The number of nitrogens with zero attached hydrogens (tertiary/aromatic N) is 1. The van der Waals surface area contributed by atoms with Gasteiger partial charge in [-0.2, -0.15) is 0 Å². The second-order valence-corrected chi connectivity index (χ2v) is 6.80. The first-order valence-corrected chi connectivity index (χ1v) is 7.99. The largest absolute Gasteiger partial charge is 0.449 e. The third-order valence-electron chi connectivity index (χ3n) is 2.61. The summed E-state index contributed by atoms with van der Waals surface area (Å²) in [6.07, 6.45) is -0.832. The number of sulfonamides is 1. The quantitative estimate of drug-likeness (QED) is 0.781. The number of benzene rings is 1. The molecule has 0 atom stereocenters. The fraction of sp³-hybridized carbons (Fsp3) is 0.500. The van der Waals surface area contributed by atoms with E-state index in [2.05, 4.69) is 0 Å². The van der Waals surface area contributed by atoms with Gasteiger partial charge in [-0.3, -0.25) is 0 Å². The molecule has 0 aliphatic heterocycles. The molecule has 0 bridgehead atoms. The van der Waals surface area contributed by atoms with Gasteiger partial charge in [-0.05, 0) is 31.9 Å². The molecule has 0 spiro atoms. The molecular weight excluding hydrogens is 301 g/mol. The van der Waals surface area contributed by atoms with E-state index in [1.54, 1.807) is 19.1 Å². The maximum atomic E-state index is 12.5. The van der Waals surface area contributed by atoms with Crippen molar-refractivity contribution in [3.05, 3.63) is 29.8 Å². The first-order valence-electron chi connectivity index (χ1n) is 6.55. The summed E-state index contributed by atoms with van der Waals surface area (Å²) in [5, 5.41) is 0. The standard InChI is InChI=1S/C14H21NO4S.Na/c1-5-19-14(16)15(10-11(2)3)20(17,18)13-8-6-12(4)7-9-13;/h6-9,11H,5,10H2,1-4H3;. The number of hydrogen-bond acceptors (Lipinski definition) is 4. The third-order valence-corrected chi connectivity index (χ3v) is 4.36. The minimum absolute atomic E-state index is 0. The molecule has 0 saturated carbocycles. The molecule has 0 N–H and O–H groups in total. The molecule has 1 aromatic rings. The van der Waals surface area contributed by atoms with Crippen LogP contribution in [0, 0.1) is 12.8 Å². The smallest absolute Gasteiger partial charge is 0.423 e. The molecule has 0 saturated heterocycles. The van der Waals surface area contributed by atoms with Crippen LogP contribution < -0.4 is 0 Å². The molecule has 1 rings (SSSR count). The van der Waals surface area contributed by atoms with E-state index in [4.69, 9.17) is 4.74 Å². The van der Waals surface area contributed by atoms with Crippen LogP contribution in [0.4, 0.5) is 4.79 Å². The summed E-state index contributed by atoms with van der Waals surface area (Å²) in [6.45, 7) is 7.43. The second-order valence-electron chi connectivity index (χ2n) is 4.94. The zero-order chi connectivity index (χ0) is 15.3. The molecule has 7 heteroatoms. The fourth-order valence-electron chi connectivity index (χ4n) is 1.64. The van der Waals surface area contributed by atoms with Crippen LogP contribution in [0.1, 0.15) is 26.3 Å². The van der Waals surface area contributed by atoms with E-state index >= 15 is 0 Å². The molecule has 0 aliphatic rings. The molecule has 5 nitrogen and oxygen atoms in total. The summed E-state index contributed by atoms with van der Waals surface area (Å²) in [4.78, 5) is 12.0. The van der Waals surface area contributed by atoms with Gasteiger partial charge in [-0.1, -0.05) is 31.5 Å². The van der Waals surface area contributed by atoms with Gasteiger partial charge in [0.1, 0.15) is 0 Å². The van der Waals surface area contributed by atoms with E-state index in [1.807, 2.05) is 20.8 Å². The average Bonchev–Trinajstić information content (AvgIpc) is 2.36. The molecule has 0 aliphatic carbocycles. The van der Waals surface area contributed by atoms with Crippen molar-refractivity contribution in [2.24, 2.45) is 5.92 Å². The third kappa shape index (κ3) is 5.62. The van der Waals surface area contributed by atoms with E-state index < -0.39 is 16.1 Å². The van der Waals surface area contributed by atoms with Crippen molar-refractivity contribution >= 4 is 45.7 Å². The summed E-state index contributed by atoms with van der Waals surface area (Å²) in [6, 6.07) is 6.39. The van der Waals surface area contributed by atoms with Gasteiger partial charge in [-0.15, -0.1) is 0 Å². The monoisotopic (exact) mass is 322 g/mol. The van der Waals surface area contributed by atoms with Crippen molar-refractivity contribution in [3.8, 4) is 0 Å². The van der Waals surface area contributed by atoms with E-state index in [1.165, 1.54) is 12.1 Å². The predicted octanol–water partition coefficient (Wildman–Crippen LogP) is 2.42. The SMILES string of the molecule is CCOC(=O)N(CC(C)C)S(=O)(=O)c1ccc(C)cc1.[Na]. The van der Waals surface area contributed by atoms with Crippen molar-refractivity contribution in [1.82, 2.24) is 4.31 Å². The van der Waals surface area contributed by atoms with E-state index in [-0.39, 0.29) is 53.5 Å². The molecule has 1 radical (unpaired) electrons. The molecule has 21 heavy (non-hydrogen) atoms. The van der Waals surface area contributed by atoms with Crippen molar-refractivity contribution in [3.63, 3.8) is 0 Å². The van der Waals surface area contributed by atoms with Gasteiger partial charge in [0, 0.05) is 36.1 Å². The van der Waals surface area contributed by atoms with Gasteiger partial charge in [0.2, 0.25) is 0 Å². The molecular formula is C14H21NNaO4S. The summed E-state index contributed by atoms with van der Waals surface area (Å²) in [5.41, 5.74) is 0.954. The predicted molar refractivity (Wildman–Crippen MR) is 82.7 cm³/mol. The Bertz CT molecular complexity index is 555.